The van der Waals surface area contributed by atoms with Gasteiger partial charge in [-0.3, -0.25) is 4.57 Å². The molecule has 0 bridgehead atoms. The van der Waals surface area contributed by atoms with Gasteiger partial charge in [-0.1, -0.05) is 139 Å². The normalized spacial score (nSPS) is 11.8. The molecule has 53 heavy (non-hydrogen) atoms. The summed E-state index contributed by atoms with van der Waals surface area (Å²) in [6.45, 7) is 0. The fourth-order valence-corrected chi connectivity index (χ4v) is 8.50. The minimum absolute atomic E-state index is 0.597. The van der Waals surface area contributed by atoms with Gasteiger partial charge in [0.2, 0.25) is 0 Å². The summed E-state index contributed by atoms with van der Waals surface area (Å²) in [4.78, 5) is 20.6. The van der Waals surface area contributed by atoms with Crippen LogP contribution in [0.2, 0.25) is 0 Å². The second kappa shape index (κ2) is 11.8. The first-order chi connectivity index (χ1) is 26.3. The number of nitrogens with zero attached hydrogens (tertiary/aromatic N) is 5. The van der Waals surface area contributed by atoms with E-state index in [0.717, 1.165) is 86.9 Å². The van der Waals surface area contributed by atoms with Gasteiger partial charge in [0, 0.05) is 43.8 Å². The van der Waals surface area contributed by atoms with Crippen LogP contribution in [0.5, 0.6) is 0 Å². The second-order valence-electron chi connectivity index (χ2n) is 13.0. The minimum Gasteiger partial charge on any atom is -0.455 e. The molecule has 0 N–H and O–H groups in total. The van der Waals surface area contributed by atoms with Gasteiger partial charge in [-0.15, -0.1) is 0 Å². The molecule has 6 nitrogen and oxygen atoms in total. The molecule has 0 aliphatic heterocycles. The lowest BCUT2D eigenvalue weighted by Crippen LogP contribution is -2.00. The van der Waals surface area contributed by atoms with Gasteiger partial charge in [0.25, 0.3) is 0 Å². The fourth-order valence-electron chi connectivity index (χ4n) is 7.51. The average molecular weight is 698 g/mol. The van der Waals surface area contributed by atoms with Gasteiger partial charge in [-0.2, -0.15) is 0 Å². The van der Waals surface area contributed by atoms with Crippen LogP contribution in [0.15, 0.2) is 168 Å². The Labute approximate surface area is 307 Å². The van der Waals surface area contributed by atoms with Gasteiger partial charge < -0.3 is 4.42 Å². The van der Waals surface area contributed by atoms with Crippen LogP contribution in [-0.4, -0.2) is 24.5 Å². The molecule has 11 rings (SSSR count). The molecule has 11 aromatic rings. The zero-order valence-corrected chi connectivity index (χ0v) is 29.0. The van der Waals surface area contributed by atoms with Gasteiger partial charge in [0.15, 0.2) is 22.6 Å². The van der Waals surface area contributed by atoms with Crippen molar-refractivity contribution in [3.63, 3.8) is 0 Å². The van der Waals surface area contributed by atoms with Crippen molar-refractivity contribution in [2.24, 2.45) is 0 Å². The van der Waals surface area contributed by atoms with Gasteiger partial charge >= 0.3 is 0 Å². The number of para-hydroxylation sites is 4. The molecular formula is C46H27N5OS. The third-order valence-electron chi connectivity index (χ3n) is 9.92. The number of aromatic nitrogens is 5. The van der Waals surface area contributed by atoms with Crippen LogP contribution in [0.3, 0.4) is 0 Å². The molecule has 0 unspecified atom stereocenters. The number of thiazole rings is 1. The molecule has 0 saturated carbocycles. The van der Waals surface area contributed by atoms with Crippen LogP contribution >= 0.6 is 11.3 Å². The van der Waals surface area contributed by atoms with Gasteiger partial charge in [0.1, 0.15) is 11.2 Å². The van der Waals surface area contributed by atoms with Gasteiger partial charge in [-0.05, 0) is 42.0 Å². The standard InChI is InChI=1S/C46H27N5OS/c1-2-13-28(14-3-1)43-48-44(30-16-10-15-29(27-30)31-19-11-20-33-32-17-5-8-25-39(32)52-42(31)33)50-45(49-43)35-21-12-24-38-41(35)34-18-4-7-23-37(34)51(38)46-47-36-22-6-9-26-40(36)53-46/h1-27H. The molecule has 0 fully saturated rings. The fraction of sp³-hybridized carbons (Fsp3) is 0. The van der Waals surface area contributed by atoms with Crippen molar-refractivity contribution in [2.45, 2.75) is 0 Å². The summed E-state index contributed by atoms with van der Waals surface area (Å²) in [5.74, 6) is 1.82. The highest BCUT2D eigenvalue weighted by Gasteiger charge is 2.21. The van der Waals surface area contributed by atoms with E-state index < -0.39 is 0 Å². The van der Waals surface area contributed by atoms with Crippen LogP contribution in [0, 0.1) is 0 Å². The Balaban J connectivity index is 1.13. The maximum Gasteiger partial charge on any atom is 0.195 e. The van der Waals surface area contributed by atoms with E-state index in [-0.39, 0.29) is 0 Å². The Morgan fingerprint density at radius 2 is 1.09 bits per heavy atom. The van der Waals surface area contributed by atoms with E-state index in [1.54, 1.807) is 11.3 Å². The smallest absolute Gasteiger partial charge is 0.195 e. The van der Waals surface area contributed by atoms with Gasteiger partial charge in [-0.25, -0.2) is 19.9 Å². The number of fused-ring (bicyclic) bond motifs is 7. The molecule has 248 valence electrons. The molecule has 0 amide bonds. The van der Waals surface area contributed by atoms with E-state index in [1.165, 1.54) is 0 Å². The van der Waals surface area contributed by atoms with Crippen LogP contribution in [0.1, 0.15) is 0 Å². The summed E-state index contributed by atoms with van der Waals surface area (Å²) in [6.07, 6.45) is 0. The SMILES string of the molecule is c1ccc(-c2nc(-c3cccc(-c4cccc5c4oc4ccccc45)c3)nc(-c3cccc4c3c3ccccc3n4-c3nc4ccccc4s3)n2)cc1. The first-order valence-electron chi connectivity index (χ1n) is 17.5. The maximum absolute atomic E-state index is 6.42. The molecule has 7 heteroatoms. The molecule has 0 aliphatic carbocycles. The Kier molecular flexibility index (Phi) is 6.62. The molecule has 0 spiro atoms. The number of benzene rings is 7. The predicted molar refractivity (Wildman–Crippen MR) is 216 cm³/mol. The third kappa shape index (κ3) is 4.79. The molecular weight excluding hydrogens is 671 g/mol. The van der Waals surface area contributed by atoms with E-state index in [2.05, 4.69) is 114 Å². The highest BCUT2D eigenvalue weighted by Crippen LogP contribution is 2.41. The predicted octanol–water partition coefficient (Wildman–Crippen LogP) is 12.1. The van der Waals surface area contributed by atoms with E-state index >= 15 is 0 Å². The summed E-state index contributed by atoms with van der Waals surface area (Å²) in [5.41, 5.74) is 9.64. The minimum atomic E-state index is 0.597. The van der Waals surface area contributed by atoms with Gasteiger partial charge in [0.05, 0.1) is 21.3 Å². The van der Waals surface area contributed by atoms with E-state index in [4.69, 9.17) is 24.4 Å². The van der Waals surface area contributed by atoms with Crippen molar-refractivity contribution in [1.82, 2.24) is 24.5 Å². The summed E-state index contributed by atoms with van der Waals surface area (Å²) < 4.78 is 9.83. The molecule has 4 aromatic heterocycles. The Morgan fingerprint density at radius 1 is 0.453 bits per heavy atom. The lowest BCUT2D eigenvalue weighted by atomic mass is 10.00. The van der Waals surface area contributed by atoms with Crippen LogP contribution in [0.4, 0.5) is 0 Å². The monoisotopic (exact) mass is 697 g/mol. The van der Waals surface area contributed by atoms with Crippen LogP contribution in [-0.2, 0) is 0 Å². The van der Waals surface area contributed by atoms with Crippen molar-refractivity contribution < 1.29 is 4.42 Å². The highest BCUT2D eigenvalue weighted by atomic mass is 32.1. The van der Waals surface area contributed by atoms with Crippen molar-refractivity contribution in [3.05, 3.63) is 164 Å². The second-order valence-corrected chi connectivity index (χ2v) is 14.1. The lowest BCUT2D eigenvalue weighted by Gasteiger charge is -2.11. The lowest BCUT2D eigenvalue weighted by molar-refractivity contribution is 0.670. The average Bonchev–Trinajstić information content (AvgIpc) is 3.93. The summed E-state index contributed by atoms with van der Waals surface area (Å²) in [5, 5.41) is 5.31. The summed E-state index contributed by atoms with van der Waals surface area (Å²) in [7, 11) is 0. The third-order valence-corrected chi connectivity index (χ3v) is 10.9. The van der Waals surface area contributed by atoms with Crippen LogP contribution < -0.4 is 0 Å². The zero-order valence-electron chi connectivity index (χ0n) is 28.1. The molecule has 7 aromatic carbocycles. The first kappa shape index (κ1) is 29.7. The molecule has 4 heterocycles. The topological polar surface area (TPSA) is 69.6 Å². The highest BCUT2D eigenvalue weighted by molar-refractivity contribution is 7.20. The maximum atomic E-state index is 6.42. The van der Waals surface area contributed by atoms with Crippen molar-refractivity contribution in [2.75, 3.05) is 0 Å². The zero-order chi connectivity index (χ0) is 34.9. The number of rotatable bonds is 5. The summed E-state index contributed by atoms with van der Waals surface area (Å²) in [6, 6.07) is 56.2. The van der Waals surface area contributed by atoms with E-state index in [9.17, 15) is 0 Å². The number of furan rings is 1. The quantitative estimate of drug-likeness (QED) is 0.179. The molecule has 0 saturated heterocycles. The van der Waals surface area contributed by atoms with E-state index in [0.29, 0.717) is 17.5 Å². The largest absolute Gasteiger partial charge is 0.455 e. The Bertz CT molecular complexity index is 3160. The van der Waals surface area contributed by atoms with Crippen molar-refractivity contribution in [3.8, 4) is 50.4 Å². The summed E-state index contributed by atoms with van der Waals surface area (Å²) >= 11 is 1.69. The van der Waals surface area contributed by atoms with Crippen molar-refractivity contribution >= 4 is 65.3 Å². The Morgan fingerprint density at radius 3 is 2.00 bits per heavy atom. The molecule has 0 radical (unpaired) electrons. The first-order valence-corrected chi connectivity index (χ1v) is 18.3. The number of hydrogen-bond acceptors (Lipinski definition) is 6. The number of hydrogen-bond donors (Lipinski definition) is 0. The molecule has 0 aliphatic rings. The Hall–Kier alpha value is -6.96. The van der Waals surface area contributed by atoms with Crippen molar-refractivity contribution in [1.29, 1.82) is 0 Å². The van der Waals surface area contributed by atoms with Crippen LogP contribution in [0.25, 0.3) is 104 Å². The van der Waals surface area contributed by atoms with E-state index in [1.807, 2.05) is 54.6 Å². The molecule has 0 atom stereocenters.